The molecule has 2 aromatic carbocycles. The maximum absolute atomic E-state index is 13.0. The Morgan fingerprint density at radius 1 is 1.13 bits per heavy atom. The molecule has 2 aliphatic rings. The molecule has 1 fully saturated rings. The second-order valence-electron chi connectivity index (χ2n) is 8.70. The predicted octanol–water partition coefficient (Wildman–Crippen LogP) is 1.91. The van der Waals surface area contributed by atoms with E-state index in [0.29, 0.717) is 22.4 Å². The summed E-state index contributed by atoms with van der Waals surface area (Å²) in [5, 5.41) is 9.95. The number of hydroxylamine groups is 1. The minimum atomic E-state index is -4.45. The number of nitrogens with one attached hydrogen (secondary N) is 2. The van der Waals surface area contributed by atoms with E-state index >= 15 is 0 Å². The molecule has 1 saturated heterocycles. The van der Waals surface area contributed by atoms with E-state index in [1.54, 1.807) is 18.2 Å². The fraction of sp³-hybridized carbons (Fsp3) is 0.250. The molecule has 0 saturated carbocycles. The van der Waals surface area contributed by atoms with Crippen LogP contribution in [0.15, 0.2) is 48.7 Å². The van der Waals surface area contributed by atoms with Gasteiger partial charge in [-0.15, -0.1) is 5.10 Å². The number of nitrogens with zero attached hydrogens (tertiary/aromatic N) is 4. The van der Waals surface area contributed by atoms with Gasteiger partial charge in [0.05, 0.1) is 24.1 Å². The lowest BCUT2D eigenvalue weighted by molar-refractivity contribution is -0.138. The first kappa shape index (κ1) is 25.1. The third kappa shape index (κ3) is 4.98. The van der Waals surface area contributed by atoms with Gasteiger partial charge in [-0.05, 0) is 41.8 Å². The zero-order valence-electron chi connectivity index (χ0n) is 19.5. The number of fused-ring (bicyclic) bond motifs is 1. The lowest BCUT2D eigenvalue weighted by Crippen LogP contribution is -2.52. The van der Waals surface area contributed by atoms with Gasteiger partial charge in [-0.25, -0.2) is 10.2 Å². The van der Waals surface area contributed by atoms with E-state index in [0.717, 1.165) is 12.1 Å². The highest BCUT2D eigenvalue weighted by atomic mass is 19.4. The Morgan fingerprint density at radius 2 is 1.89 bits per heavy atom. The highest BCUT2D eigenvalue weighted by Gasteiger charge is 2.39. The second-order valence-corrected chi connectivity index (χ2v) is 8.70. The number of rotatable bonds is 6. The average molecular weight is 528 g/mol. The van der Waals surface area contributed by atoms with Gasteiger partial charge in [-0.1, -0.05) is 23.4 Å². The Hall–Kier alpha value is -4.59. The SMILES string of the molecule is O=C1CCC(N2Cc3ccc(-n4cc(C(=O)NOCc5ccc(C(F)(F)F)cc5)nn4)cc3C2=O)C(=O)N1. The van der Waals surface area contributed by atoms with Gasteiger partial charge < -0.3 is 4.90 Å². The number of aromatic nitrogens is 3. The molecule has 0 bridgehead atoms. The van der Waals surface area contributed by atoms with E-state index in [1.165, 1.54) is 27.9 Å². The summed E-state index contributed by atoms with van der Waals surface area (Å²) in [6.45, 7) is 0.0522. The molecule has 11 nitrogen and oxygen atoms in total. The van der Waals surface area contributed by atoms with Crippen LogP contribution in [-0.2, 0) is 33.8 Å². The van der Waals surface area contributed by atoms with Crippen LogP contribution < -0.4 is 10.8 Å². The standard InChI is InChI=1S/C24H19F3N6O5/c25-24(26,27)15-4-1-13(2-5-15)12-38-30-21(35)18-11-33(31-29-18)16-6-3-14-10-32(23(37)17(14)9-16)19-7-8-20(34)28-22(19)36/h1-6,9,11,19H,7-8,10,12H2,(H,30,35)(H,28,34,36). The molecule has 4 amide bonds. The van der Waals surface area contributed by atoms with Gasteiger partial charge in [-0.2, -0.15) is 13.2 Å². The van der Waals surface area contributed by atoms with Gasteiger partial charge >= 0.3 is 6.18 Å². The number of hydrogen-bond donors (Lipinski definition) is 2. The molecule has 0 aliphatic carbocycles. The van der Waals surface area contributed by atoms with Gasteiger partial charge in [-0.3, -0.25) is 29.3 Å². The van der Waals surface area contributed by atoms with Crippen molar-refractivity contribution < 1.29 is 37.2 Å². The summed E-state index contributed by atoms with van der Waals surface area (Å²) in [6.07, 6.45) is -2.73. The number of imide groups is 1. The van der Waals surface area contributed by atoms with E-state index in [2.05, 4.69) is 21.1 Å². The van der Waals surface area contributed by atoms with Crippen molar-refractivity contribution in [2.75, 3.05) is 0 Å². The lowest BCUT2D eigenvalue weighted by Gasteiger charge is -2.29. The first-order chi connectivity index (χ1) is 18.1. The van der Waals surface area contributed by atoms with Crippen molar-refractivity contribution in [1.29, 1.82) is 0 Å². The molecule has 196 valence electrons. The largest absolute Gasteiger partial charge is 0.416 e. The monoisotopic (exact) mass is 528 g/mol. The summed E-state index contributed by atoms with van der Waals surface area (Å²) in [4.78, 5) is 55.5. The summed E-state index contributed by atoms with van der Waals surface area (Å²) in [7, 11) is 0. The van der Waals surface area contributed by atoms with Crippen LogP contribution in [0.1, 0.15) is 50.4 Å². The van der Waals surface area contributed by atoms with Gasteiger partial charge in [0.1, 0.15) is 6.04 Å². The number of halogens is 3. The van der Waals surface area contributed by atoms with Crippen LogP contribution in [0.25, 0.3) is 5.69 Å². The summed E-state index contributed by atoms with van der Waals surface area (Å²) in [5.41, 5.74) is 3.19. The topological polar surface area (TPSA) is 136 Å². The van der Waals surface area contributed by atoms with E-state index in [-0.39, 0.29) is 43.5 Å². The van der Waals surface area contributed by atoms with Crippen LogP contribution in [0.5, 0.6) is 0 Å². The van der Waals surface area contributed by atoms with Crippen molar-refractivity contribution in [3.63, 3.8) is 0 Å². The third-order valence-electron chi connectivity index (χ3n) is 6.19. The summed E-state index contributed by atoms with van der Waals surface area (Å²) in [6, 6.07) is 8.53. The molecule has 1 aromatic heterocycles. The van der Waals surface area contributed by atoms with Crippen LogP contribution in [0, 0.1) is 0 Å². The molecule has 2 N–H and O–H groups in total. The molecule has 1 atom stereocenters. The first-order valence-corrected chi connectivity index (χ1v) is 11.4. The van der Waals surface area contributed by atoms with E-state index < -0.39 is 29.6 Å². The van der Waals surface area contributed by atoms with Gasteiger partial charge in [0.2, 0.25) is 11.8 Å². The summed E-state index contributed by atoms with van der Waals surface area (Å²) < 4.78 is 39.2. The Balaban J connectivity index is 1.21. The van der Waals surface area contributed by atoms with E-state index in [9.17, 15) is 32.3 Å². The van der Waals surface area contributed by atoms with Crippen LogP contribution in [0.4, 0.5) is 13.2 Å². The van der Waals surface area contributed by atoms with Crippen LogP contribution in [-0.4, -0.2) is 49.6 Å². The number of amides is 4. The molecule has 0 radical (unpaired) electrons. The molecular weight excluding hydrogens is 509 g/mol. The Morgan fingerprint density at radius 3 is 2.61 bits per heavy atom. The number of carbonyl (C=O) groups is 4. The van der Waals surface area contributed by atoms with Crippen molar-refractivity contribution in [2.45, 2.75) is 38.2 Å². The second kappa shape index (κ2) is 9.70. The zero-order chi connectivity index (χ0) is 27.0. The Kier molecular flexibility index (Phi) is 6.40. The normalized spacial score (nSPS) is 17.4. The van der Waals surface area contributed by atoms with Gasteiger partial charge in [0.15, 0.2) is 5.69 Å². The first-order valence-electron chi connectivity index (χ1n) is 11.4. The fourth-order valence-electron chi connectivity index (χ4n) is 4.21. The van der Waals surface area contributed by atoms with Gasteiger partial charge in [0.25, 0.3) is 11.8 Å². The summed E-state index contributed by atoms with van der Waals surface area (Å²) >= 11 is 0. The molecular formula is C24H19F3N6O5. The fourth-order valence-corrected chi connectivity index (χ4v) is 4.21. The number of alkyl halides is 3. The van der Waals surface area contributed by atoms with E-state index in [4.69, 9.17) is 4.84 Å². The van der Waals surface area contributed by atoms with Crippen molar-refractivity contribution in [1.82, 2.24) is 30.7 Å². The molecule has 2 aliphatic heterocycles. The van der Waals surface area contributed by atoms with Crippen molar-refractivity contribution in [3.05, 3.63) is 76.6 Å². The molecule has 38 heavy (non-hydrogen) atoms. The molecule has 3 aromatic rings. The lowest BCUT2D eigenvalue weighted by atomic mass is 10.0. The smallest absolute Gasteiger partial charge is 0.322 e. The predicted molar refractivity (Wildman–Crippen MR) is 121 cm³/mol. The molecule has 0 spiro atoms. The average Bonchev–Trinajstić information content (AvgIpc) is 3.49. The maximum atomic E-state index is 13.0. The number of carbonyl (C=O) groups excluding carboxylic acids is 4. The molecule has 3 heterocycles. The summed E-state index contributed by atoms with van der Waals surface area (Å²) in [5.74, 6) is -1.96. The quantitative estimate of drug-likeness (QED) is 0.369. The van der Waals surface area contributed by atoms with Crippen molar-refractivity contribution >= 4 is 23.6 Å². The minimum absolute atomic E-state index is 0.102. The molecule has 5 rings (SSSR count). The highest BCUT2D eigenvalue weighted by molar-refractivity contribution is 6.05. The molecule has 1 unspecified atom stereocenters. The minimum Gasteiger partial charge on any atom is -0.322 e. The maximum Gasteiger partial charge on any atom is 0.416 e. The van der Waals surface area contributed by atoms with Crippen LogP contribution in [0.2, 0.25) is 0 Å². The van der Waals surface area contributed by atoms with Gasteiger partial charge in [0, 0.05) is 18.5 Å². The third-order valence-corrected chi connectivity index (χ3v) is 6.19. The number of hydrogen-bond acceptors (Lipinski definition) is 7. The number of benzene rings is 2. The Bertz CT molecular complexity index is 1440. The molecule has 14 heteroatoms. The van der Waals surface area contributed by atoms with E-state index in [1.807, 2.05) is 0 Å². The number of piperidine rings is 1. The van der Waals surface area contributed by atoms with Crippen LogP contribution in [0.3, 0.4) is 0 Å². The Labute approximate surface area is 212 Å². The van der Waals surface area contributed by atoms with Crippen molar-refractivity contribution in [2.24, 2.45) is 0 Å². The highest BCUT2D eigenvalue weighted by Crippen LogP contribution is 2.30. The van der Waals surface area contributed by atoms with Crippen LogP contribution >= 0.6 is 0 Å². The zero-order valence-corrected chi connectivity index (χ0v) is 19.5. The van der Waals surface area contributed by atoms with Crippen molar-refractivity contribution in [3.8, 4) is 5.69 Å².